The Morgan fingerprint density at radius 1 is 1.44 bits per heavy atom. The summed E-state index contributed by atoms with van der Waals surface area (Å²) in [5, 5.41) is 0.163. The van der Waals surface area contributed by atoms with Crippen LogP contribution in [0.15, 0.2) is 11.1 Å². The molecule has 100 valence electrons. The van der Waals surface area contributed by atoms with E-state index in [2.05, 4.69) is 14.9 Å². The van der Waals surface area contributed by atoms with Gasteiger partial charge >= 0.3 is 0 Å². The lowest BCUT2D eigenvalue weighted by atomic mass is 9.94. The molecule has 0 bridgehead atoms. The molecule has 0 radical (unpaired) electrons. The molecule has 3 N–H and O–H groups in total. The molecular formula is C12H19ClN4O. The molecule has 1 aliphatic rings. The molecule has 1 saturated carbocycles. The summed E-state index contributed by atoms with van der Waals surface area (Å²) in [7, 11) is 0. The predicted octanol–water partition coefficient (Wildman–Crippen LogP) is 1.52. The molecule has 0 amide bonds. The molecule has 1 heterocycles. The number of hydrogen-bond donors (Lipinski definition) is 2. The smallest absolute Gasteiger partial charge is 0.271 e. The van der Waals surface area contributed by atoms with Gasteiger partial charge in [0, 0.05) is 19.1 Å². The van der Waals surface area contributed by atoms with Crippen molar-refractivity contribution in [3.05, 3.63) is 21.7 Å². The van der Waals surface area contributed by atoms with Crippen LogP contribution in [0.5, 0.6) is 0 Å². The van der Waals surface area contributed by atoms with Crippen molar-refractivity contribution in [1.82, 2.24) is 9.97 Å². The molecule has 0 aliphatic heterocycles. The fraction of sp³-hybridized carbons (Fsp3) is 0.667. The van der Waals surface area contributed by atoms with Crippen molar-refractivity contribution in [2.24, 2.45) is 5.73 Å². The maximum Gasteiger partial charge on any atom is 0.271 e. The summed E-state index contributed by atoms with van der Waals surface area (Å²) in [5.74, 6) is 0.567. The van der Waals surface area contributed by atoms with Crippen LogP contribution in [-0.2, 0) is 0 Å². The highest BCUT2D eigenvalue weighted by Crippen LogP contribution is 2.28. The third kappa shape index (κ3) is 2.84. The molecule has 0 saturated heterocycles. The summed E-state index contributed by atoms with van der Waals surface area (Å²) < 4.78 is 0. The summed E-state index contributed by atoms with van der Waals surface area (Å²) >= 11 is 6.05. The number of rotatable bonds is 4. The van der Waals surface area contributed by atoms with Gasteiger partial charge in [-0.2, -0.15) is 0 Å². The number of aromatic amines is 1. The van der Waals surface area contributed by atoms with Gasteiger partial charge in [0.1, 0.15) is 5.02 Å². The standard InChI is InChI=1S/C12H19ClN4O/c13-10-11(15-8-16-12(10)18)17(7-6-14)9-4-2-1-3-5-9/h8-9H,1-7,14H2,(H,15,16,18). The largest absolute Gasteiger partial charge is 0.351 e. The van der Waals surface area contributed by atoms with E-state index < -0.39 is 0 Å². The molecule has 1 aromatic heterocycles. The summed E-state index contributed by atoms with van der Waals surface area (Å²) in [6, 6.07) is 0.397. The van der Waals surface area contributed by atoms with Crippen LogP contribution >= 0.6 is 11.6 Å². The Kier molecular flexibility index (Phi) is 4.60. The summed E-state index contributed by atoms with van der Waals surface area (Å²) in [4.78, 5) is 20.3. The van der Waals surface area contributed by atoms with E-state index in [1.165, 1.54) is 25.6 Å². The molecule has 1 aliphatic carbocycles. The number of nitrogens with zero attached hydrogens (tertiary/aromatic N) is 2. The lowest BCUT2D eigenvalue weighted by molar-refractivity contribution is 0.414. The highest BCUT2D eigenvalue weighted by Gasteiger charge is 2.24. The molecule has 0 atom stereocenters. The van der Waals surface area contributed by atoms with E-state index in [4.69, 9.17) is 17.3 Å². The van der Waals surface area contributed by atoms with Crippen LogP contribution < -0.4 is 16.2 Å². The Balaban J connectivity index is 2.28. The van der Waals surface area contributed by atoms with Gasteiger partial charge in [-0.05, 0) is 12.8 Å². The number of anilines is 1. The van der Waals surface area contributed by atoms with Gasteiger partial charge in [0.15, 0.2) is 5.82 Å². The number of H-pyrrole nitrogens is 1. The highest BCUT2D eigenvalue weighted by molar-refractivity contribution is 6.32. The van der Waals surface area contributed by atoms with Crippen LogP contribution in [0, 0.1) is 0 Å². The average Bonchev–Trinajstić information content (AvgIpc) is 2.41. The third-order valence-corrected chi connectivity index (χ3v) is 3.78. The minimum absolute atomic E-state index is 0.163. The Bertz CT molecular complexity index is 442. The molecule has 1 aromatic rings. The molecule has 0 aromatic carbocycles. The number of halogens is 1. The van der Waals surface area contributed by atoms with Gasteiger partial charge in [-0.1, -0.05) is 30.9 Å². The van der Waals surface area contributed by atoms with Crippen molar-refractivity contribution in [2.75, 3.05) is 18.0 Å². The van der Waals surface area contributed by atoms with E-state index in [1.807, 2.05) is 0 Å². The van der Waals surface area contributed by atoms with E-state index in [9.17, 15) is 4.79 Å². The highest BCUT2D eigenvalue weighted by atomic mass is 35.5. The predicted molar refractivity (Wildman–Crippen MR) is 73.1 cm³/mol. The molecule has 0 unspecified atom stereocenters. The summed E-state index contributed by atoms with van der Waals surface area (Å²) in [5.41, 5.74) is 5.37. The number of nitrogens with two attached hydrogens (primary N) is 1. The molecule has 5 nitrogen and oxygen atoms in total. The first-order chi connectivity index (χ1) is 8.74. The van der Waals surface area contributed by atoms with Crippen LogP contribution in [0.2, 0.25) is 5.02 Å². The molecule has 6 heteroatoms. The average molecular weight is 271 g/mol. The Hall–Kier alpha value is -1.07. The molecule has 1 fully saturated rings. The van der Waals surface area contributed by atoms with Gasteiger partial charge in [-0.15, -0.1) is 0 Å². The normalized spacial score (nSPS) is 16.8. The van der Waals surface area contributed by atoms with Crippen molar-refractivity contribution in [3.8, 4) is 0 Å². The fourth-order valence-electron chi connectivity index (χ4n) is 2.57. The lowest BCUT2D eigenvalue weighted by Crippen LogP contribution is -2.41. The van der Waals surface area contributed by atoms with Gasteiger partial charge < -0.3 is 15.6 Å². The molecule has 0 spiro atoms. The van der Waals surface area contributed by atoms with Crippen LogP contribution in [0.3, 0.4) is 0 Å². The molecular weight excluding hydrogens is 252 g/mol. The maximum absolute atomic E-state index is 11.5. The van der Waals surface area contributed by atoms with Gasteiger partial charge in [-0.3, -0.25) is 4.79 Å². The number of aromatic nitrogens is 2. The monoisotopic (exact) mass is 270 g/mol. The second-order valence-corrected chi connectivity index (χ2v) is 5.02. The van der Waals surface area contributed by atoms with E-state index in [-0.39, 0.29) is 10.6 Å². The summed E-state index contributed by atoms with van der Waals surface area (Å²) in [6.45, 7) is 1.21. The second kappa shape index (κ2) is 6.20. The first kappa shape index (κ1) is 13.4. The van der Waals surface area contributed by atoms with Crippen molar-refractivity contribution in [1.29, 1.82) is 0 Å². The Morgan fingerprint density at radius 3 is 2.83 bits per heavy atom. The van der Waals surface area contributed by atoms with Crippen molar-refractivity contribution < 1.29 is 0 Å². The minimum Gasteiger partial charge on any atom is -0.351 e. The molecule has 2 rings (SSSR count). The second-order valence-electron chi connectivity index (χ2n) is 4.64. The Labute approximate surface area is 111 Å². The quantitative estimate of drug-likeness (QED) is 0.870. The summed E-state index contributed by atoms with van der Waals surface area (Å²) in [6.07, 6.45) is 7.34. The molecule has 18 heavy (non-hydrogen) atoms. The van der Waals surface area contributed by atoms with E-state index in [0.29, 0.717) is 24.9 Å². The zero-order valence-corrected chi connectivity index (χ0v) is 11.1. The Morgan fingerprint density at radius 2 is 2.17 bits per heavy atom. The van der Waals surface area contributed by atoms with Gasteiger partial charge in [0.2, 0.25) is 0 Å². The van der Waals surface area contributed by atoms with Crippen molar-refractivity contribution in [3.63, 3.8) is 0 Å². The van der Waals surface area contributed by atoms with Crippen LogP contribution in [0.25, 0.3) is 0 Å². The van der Waals surface area contributed by atoms with E-state index in [1.54, 1.807) is 0 Å². The zero-order valence-electron chi connectivity index (χ0n) is 10.4. The number of nitrogens with one attached hydrogen (secondary N) is 1. The SMILES string of the molecule is NCCN(c1nc[nH]c(=O)c1Cl)C1CCCCC1. The van der Waals surface area contributed by atoms with E-state index in [0.717, 1.165) is 12.8 Å². The fourth-order valence-corrected chi connectivity index (χ4v) is 2.78. The third-order valence-electron chi connectivity index (χ3n) is 3.44. The maximum atomic E-state index is 11.5. The van der Waals surface area contributed by atoms with Crippen molar-refractivity contribution >= 4 is 17.4 Å². The lowest BCUT2D eigenvalue weighted by Gasteiger charge is -2.35. The van der Waals surface area contributed by atoms with Gasteiger partial charge in [0.05, 0.1) is 6.33 Å². The van der Waals surface area contributed by atoms with Crippen LogP contribution in [-0.4, -0.2) is 29.1 Å². The zero-order chi connectivity index (χ0) is 13.0. The van der Waals surface area contributed by atoms with Gasteiger partial charge in [0.25, 0.3) is 5.56 Å². The number of hydrogen-bond acceptors (Lipinski definition) is 4. The minimum atomic E-state index is -0.292. The topological polar surface area (TPSA) is 75.0 Å². The van der Waals surface area contributed by atoms with Crippen LogP contribution in [0.1, 0.15) is 32.1 Å². The van der Waals surface area contributed by atoms with Crippen LogP contribution in [0.4, 0.5) is 5.82 Å². The van der Waals surface area contributed by atoms with E-state index >= 15 is 0 Å². The van der Waals surface area contributed by atoms with Crippen molar-refractivity contribution in [2.45, 2.75) is 38.1 Å². The first-order valence-corrected chi connectivity index (χ1v) is 6.81. The first-order valence-electron chi connectivity index (χ1n) is 6.44. The van der Waals surface area contributed by atoms with Gasteiger partial charge in [-0.25, -0.2) is 4.98 Å².